The zero-order valence-electron chi connectivity index (χ0n) is 35.0. The average molecular weight is 832 g/mol. The number of hydrogen-bond acceptors (Lipinski definition) is 14. The maximum atomic E-state index is 15.4. The van der Waals surface area contributed by atoms with Gasteiger partial charge in [-0.3, -0.25) is 14.4 Å². The molecule has 1 saturated heterocycles. The molecular formula is C45H53NO14. The maximum absolute atomic E-state index is 15.4. The number of aliphatic hydroxyl groups excluding tert-OH is 1. The molecule has 0 radical (unpaired) electrons. The molecule has 0 aromatic heterocycles. The number of amides is 1. The van der Waals surface area contributed by atoms with E-state index in [0.717, 1.165) is 6.92 Å². The number of ketones is 1. The Balaban J connectivity index is 1.37. The van der Waals surface area contributed by atoms with E-state index in [1.807, 2.05) is 0 Å². The molecule has 15 heteroatoms. The monoisotopic (exact) mass is 831 g/mol. The molecule has 3 saturated carbocycles. The molecule has 4 fully saturated rings. The molecule has 4 aliphatic carbocycles. The Kier molecular flexibility index (Phi) is 10.8. The van der Waals surface area contributed by atoms with Crippen molar-refractivity contribution < 1.29 is 67.4 Å². The van der Waals surface area contributed by atoms with Crippen LogP contribution in [0, 0.1) is 22.7 Å². The third-order valence-corrected chi connectivity index (χ3v) is 13.2. The second-order valence-corrected chi connectivity index (χ2v) is 18.3. The van der Waals surface area contributed by atoms with Crippen molar-refractivity contribution in [1.29, 1.82) is 0 Å². The lowest BCUT2D eigenvalue weighted by molar-refractivity contribution is -0.323. The first-order valence-electron chi connectivity index (χ1n) is 20.2. The van der Waals surface area contributed by atoms with Gasteiger partial charge in [-0.25, -0.2) is 14.4 Å². The van der Waals surface area contributed by atoms with Gasteiger partial charge in [0.15, 0.2) is 23.6 Å². The van der Waals surface area contributed by atoms with E-state index < -0.39 is 112 Å². The smallest absolute Gasteiger partial charge is 0.408 e. The molecule has 2 aromatic carbocycles. The molecule has 3 N–H and O–H groups in total. The molecule has 1 amide bonds. The molecule has 4 unspecified atom stereocenters. The standard InChI is InChI=1S/C45H53NO14/c1-23-29(57-39(52)33(49)32(26-15-11-9-12-16-26)46-40(53)60-41(4,5)6)21-45(54)37(58-38(51)27-17-13-10-14-18-27)35-43(36(50)34(56-24(2)47)31(23)42(45,7)8)20-28(43)19-30-44(35,22-55-30)59-25(3)48/h9-18,28-30,32-35,37,49,54H,19-22H2,1-8H3,(H,46,53)/t28?,29-,30+,32-,33+,34+,35?,37?,43?,44-,45+/m0/s1. The lowest BCUT2D eigenvalue weighted by atomic mass is 9.48. The van der Waals surface area contributed by atoms with Crippen LogP contribution < -0.4 is 5.32 Å². The highest BCUT2D eigenvalue weighted by molar-refractivity contribution is 5.97. The van der Waals surface area contributed by atoms with E-state index in [-0.39, 0.29) is 35.7 Å². The van der Waals surface area contributed by atoms with E-state index in [0.29, 0.717) is 12.0 Å². The Morgan fingerprint density at radius 2 is 1.53 bits per heavy atom. The third-order valence-electron chi connectivity index (χ3n) is 13.2. The van der Waals surface area contributed by atoms with Crippen molar-refractivity contribution in [3.63, 3.8) is 0 Å². The van der Waals surface area contributed by atoms with Gasteiger partial charge in [-0.1, -0.05) is 62.4 Å². The van der Waals surface area contributed by atoms with Crippen molar-refractivity contribution in [2.75, 3.05) is 6.61 Å². The zero-order chi connectivity index (χ0) is 43.7. The molecule has 1 heterocycles. The highest BCUT2D eigenvalue weighted by atomic mass is 16.6. The number of Topliss-reactive ketones (excluding diaryl/α,β-unsaturated/α-hetero) is 1. The van der Waals surface area contributed by atoms with Gasteiger partial charge in [-0.15, -0.1) is 0 Å². The van der Waals surface area contributed by atoms with E-state index in [1.165, 1.54) is 19.1 Å². The number of carbonyl (C=O) groups is 6. The first-order chi connectivity index (χ1) is 28.1. The van der Waals surface area contributed by atoms with Crippen LogP contribution in [0.1, 0.15) is 96.6 Å². The van der Waals surface area contributed by atoms with E-state index in [4.69, 9.17) is 28.4 Å². The van der Waals surface area contributed by atoms with Crippen molar-refractivity contribution >= 4 is 35.8 Å². The van der Waals surface area contributed by atoms with Gasteiger partial charge in [0.05, 0.1) is 24.1 Å². The molecule has 15 nitrogen and oxygen atoms in total. The van der Waals surface area contributed by atoms with Crippen LogP contribution in [0.2, 0.25) is 0 Å². The number of benzene rings is 2. The minimum Gasteiger partial charge on any atom is -0.456 e. The van der Waals surface area contributed by atoms with Crippen molar-refractivity contribution in [3.8, 4) is 0 Å². The predicted octanol–water partition coefficient (Wildman–Crippen LogP) is 4.47. The Morgan fingerprint density at radius 3 is 2.10 bits per heavy atom. The van der Waals surface area contributed by atoms with Gasteiger partial charge >= 0.3 is 30.0 Å². The summed E-state index contributed by atoms with van der Waals surface area (Å²) >= 11 is 0. The topological polar surface area (TPSA) is 210 Å². The fourth-order valence-corrected chi connectivity index (χ4v) is 10.4. The molecule has 5 aliphatic rings. The maximum Gasteiger partial charge on any atom is 0.408 e. The summed E-state index contributed by atoms with van der Waals surface area (Å²) in [4.78, 5) is 82.8. The van der Waals surface area contributed by atoms with Crippen LogP contribution >= 0.6 is 0 Å². The lowest BCUT2D eigenvalue weighted by Gasteiger charge is -2.64. The second kappa shape index (κ2) is 15.1. The zero-order valence-corrected chi connectivity index (χ0v) is 35.0. The summed E-state index contributed by atoms with van der Waals surface area (Å²) in [6, 6.07) is 14.9. The summed E-state index contributed by atoms with van der Waals surface area (Å²) in [6.07, 6.45) is -8.18. The molecule has 7 rings (SSSR count). The van der Waals surface area contributed by atoms with Gasteiger partial charge < -0.3 is 44.0 Å². The number of rotatable bonds is 9. The van der Waals surface area contributed by atoms with Gasteiger partial charge in [-0.05, 0) is 75.3 Å². The third kappa shape index (κ3) is 7.07. The van der Waals surface area contributed by atoms with Gasteiger partial charge in [0, 0.05) is 31.1 Å². The quantitative estimate of drug-likeness (QED) is 0.181. The fourth-order valence-electron chi connectivity index (χ4n) is 10.4. The van der Waals surface area contributed by atoms with Crippen molar-refractivity contribution in [3.05, 3.63) is 82.9 Å². The molecule has 60 heavy (non-hydrogen) atoms. The molecule has 11 atom stereocenters. The summed E-state index contributed by atoms with van der Waals surface area (Å²) in [5.41, 5.74) is -6.79. The highest BCUT2D eigenvalue weighted by Crippen LogP contribution is 2.74. The van der Waals surface area contributed by atoms with Crippen LogP contribution in [0.25, 0.3) is 0 Å². The number of fused-ring (bicyclic) bond motifs is 4. The molecule has 1 spiro atoms. The average Bonchev–Trinajstić information content (AvgIpc) is 3.90. The Hall–Kier alpha value is -5.12. The molecular weight excluding hydrogens is 778 g/mol. The summed E-state index contributed by atoms with van der Waals surface area (Å²) in [5.74, 6) is -5.65. The number of nitrogens with one attached hydrogen (secondary N) is 1. The van der Waals surface area contributed by atoms with Crippen LogP contribution in [0.4, 0.5) is 4.79 Å². The fraction of sp³-hybridized carbons (Fsp3) is 0.556. The summed E-state index contributed by atoms with van der Waals surface area (Å²) in [5, 5.41) is 27.9. The largest absolute Gasteiger partial charge is 0.456 e. The van der Waals surface area contributed by atoms with Crippen molar-refractivity contribution in [2.24, 2.45) is 22.7 Å². The Labute approximate surface area is 348 Å². The van der Waals surface area contributed by atoms with Gasteiger partial charge in [-0.2, -0.15) is 0 Å². The summed E-state index contributed by atoms with van der Waals surface area (Å²) in [6.45, 7) is 12.0. The number of aliphatic hydroxyl groups is 2. The first kappa shape index (κ1) is 43.0. The van der Waals surface area contributed by atoms with E-state index in [9.17, 15) is 34.2 Å². The van der Waals surface area contributed by atoms with Crippen LogP contribution in [0.15, 0.2) is 71.8 Å². The van der Waals surface area contributed by atoms with E-state index in [1.54, 1.807) is 90.1 Å². The minimum absolute atomic E-state index is 0.128. The Bertz CT molecular complexity index is 2110. The highest BCUT2D eigenvalue weighted by Gasteiger charge is 2.84. The van der Waals surface area contributed by atoms with Crippen molar-refractivity contribution in [1.82, 2.24) is 5.32 Å². The van der Waals surface area contributed by atoms with Gasteiger partial charge in [0.2, 0.25) is 0 Å². The summed E-state index contributed by atoms with van der Waals surface area (Å²) < 4.78 is 36.0. The van der Waals surface area contributed by atoms with Gasteiger partial charge in [0.1, 0.15) is 29.5 Å². The minimum atomic E-state index is -2.25. The van der Waals surface area contributed by atoms with Crippen LogP contribution in [-0.4, -0.2) is 99.9 Å². The molecule has 2 bridgehead atoms. The number of ether oxygens (including phenoxy) is 6. The van der Waals surface area contributed by atoms with Crippen LogP contribution in [-0.2, 0) is 47.6 Å². The summed E-state index contributed by atoms with van der Waals surface area (Å²) in [7, 11) is 0. The predicted molar refractivity (Wildman–Crippen MR) is 210 cm³/mol. The van der Waals surface area contributed by atoms with Crippen LogP contribution in [0.3, 0.4) is 0 Å². The first-order valence-corrected chi connectivity index (χ1v) is 20.2. The normalized spacial score (nSPS) is 33.3. The van der Waals surface area contributed by atoms with E-state index >= 15 is 4.79 Å². The number of hydrogen-bond donors (Lipinski definition) is 3. The van der Waals surface area contributed by atoms with Crippen LogP contribution in [0.5, 0.6) is 0 Å². The number of carbonyl (C=O) groups excluding carboxylic acids is 6. The van der Waals surface area contributed by atoms with Gasteiger partial charge in [0.25, 0.3) is 0 Å². The molecule has 1 aliphatic heterocycles. The van der Waals surface area contributed by atoms with E-state index in [2.05, 4.69) is 5.32 Å². The van der Waals surface area contributed by atoms with Crippen molar-refractivity contribution in [2.45, 2.75) is 128 Å². The Morgan fingerprint density at radius 1 is 0.900 bits per heavy atom. The number of alkyl carbamates (subject to hydrolysis) is 1. The molecule has 322 valence electrons. The number of esters is 4. The SMILES string of the molecule is CC(=O)O[C@H]1C(=O)C23CC2C[C@H]2OC[C@@]2(OC(C)=O)C3C(OC(=O)c2ccccc2)[C@]2(O)C[C@H](OC(=O)[C@H](O)[C@@H](NC(=O)OC(C)(C)C)c3ccccc3)C(C)=C1C2(C)C. The second-order valence-electron chi connectivity index (χ2n) is 18.3. The lowest BCUT2D eigenvalue weighted by Crippen LogP contribution is -2.78. The molecule has 2 aromatic rings.